The molecule has 0 aliphatic carbocycles. The summed E-state index contributed by atoms with van der Waals surface area (Å²) in [6.45, 7) is 3.07. The Morgan fingerprint density at radius 2 is 1.87 bits per heavy atom. The summed E-state index contributed by atoms with van der Waals surface area (Å²) in [5.41, 5.74) is 1.40. The monoisotopic (exact) mass is 427 g/mol. The first-order chi connectivity index (χ1) is 14.6. The van der Waals surface area contributed by atoms with Crippen LogP contribution in [0.25, 0.3) is 10.9 Å². The third-order valence-electron chi connectivity index (χ3n) is 4.80. The number of aromatic nitrogens is 2. The van der Waals surface area contributed by atoms with Gasteiger partial charge in [-0.3, -0.25) is 14.2 Å². The van der Waals surface area contributed by atoms with Crippen LogP contribution in [-0.2, 0) is 17.9 Å². The first kappa shape index (κ1) is 22.0. The van der Waals surface area contributed by atoms with Crippen molar-refractivity contribution in [3.8, 4) is 0 Å². The molecule has 1 amide bonds. The van der Waals surface area contributed by atoms with Crippen molar-refractivity contribution in [1.82, 2.24) is 14.9 Å². The van der Waals surface area contributed by atoms with Gasteiger partial charge in [0.15, 0.2) is 5.16 Å². The molecule has 158 valence electrons. The summed E-state index contributed by atoms with van der Waals surface area (Å²) in [7, 11) is 0. The van der Waals surface area contributed by atoms with Crippen molar-refractivity contribution in [3.63, 3.8) is 0 Å². The number of hydrogen-bond donors (Lipinski definition) is 1. The van der Waals surface area contributed by atoms with E-state index in [-0.39, 0.29) is 23.0 Å². The highest BCUT2D eigenvalue weighted by Gasteiger charge is 2.13. The summed E-state index contributed by atoms with van der Waals surface area (Å²) in [5.74, 6) is -0.315. The van der Waals surface area contributed by atoms with Gasteiger partial charge in [0.05, 0.1) is 16.7 Å². The number of hydrogen-bond acceptors (Lipinski definition) is 4. The number of nitrogens with zero attached hydrogens (tertiary/aromatic N) is 2. The van der Waals surface area contributed by atoms with Gasteiger partial charge in [0.2, 0.25) is 5.91 Å². The quantitative estimate of drug-likeness (QED) is 0.293. The maximum Gasteiger partial charge on any atom is 0.262 e. The van der Waals surface area contributed by atoms with Crippen molar-refractivity contribution in [2.24, 2.45) is 0 Å². The molecule has 0 unspecified atom stereocenters. The van der Waals surface area contributed by atoms with Gasteiger partial charge in [-0.2, -0.15) is 0 Å². The Balaban J connectivity index is 1.69. The Bertz CT molecular complexity index is 1050. The number of benzene rings is 2. The van der Waals surface area contributed by atoms with Crippen molar-refractivity contribution in [3.05, 3.63) is 70.3 Å². The van der Waals surface area contributed by atoms with Crippen LogP contribution < -0.4 is 10.9 Å². The molecule has 30 heavy (non-hydrogen) atoms. The van der Waals surface area contributed by atoms with E-state index in [1.165, 1.54) is 23.9 Å². The maximum absolute atomic E-state index is 13.0. The predicted molar refractivity (Wildman–Crippen MR) is 119 cm³/mol. The van der Waals surface area contributed by atoms with E-state index in [2.05, 4.69) is 17.2 Å². The average molecular weight is 428 g/mol. The van der Waals surface area contributed by atoms with Crippen molar-refractivity contribution in [1.29, 1.82) is 0 Å². The number of thioether (sulfide) groups is 1. The van der Waals surface area contributed by atoms with Crippen LogP contribution in [0.5, 0.6) is 0 Å². The number of amides is 1. The van der Waals surface area contributed by atoms with E-state index in [0.29, 0.717) is 29.1 Å². The molecule has 7 heteroatoms. The molecule has 0 aliphatic rings. The summed E-state index contributed by atoms with van der Waals surface area (Å²) in [4.78, 5) is 29.9. The molecule has 0 spiro atoms. The Morgan fingerprint density at radius 1 is 1.10 bits per heavy atom. The van der Waals surface area contributed by atoms with E-state index in [1.807, 2.05) is 18.2 Å². The zero-order valence-corrected chi connectivity index (χ0v) is 17.9. The highest BCUT2D eigenvalue weighted by atomic mass is 32.2. The van der Waals surface area contributed by atoms with Crippen LogP contribution in [0.2, 0.25) is 0 Å². The topological polar surface area (TPSA) is 64.0 Å². The number of unbranched alkanes of at least 4 members (excludes halogenated alkanes) is 3. The van der Waals surface area contributed by atoms with E-state index in [1.54, 1.807) is 22.8 Å². The van der Waals surface area contributed by atoms with Gasteiger partial charge in [-0.25, -0.2) is 9.37 Å². The van der Waals surface area contributed by atoms with Crippen LogP contribution in [0.3, 0.4) is 0 Å². The summed E-state index contributed by atoms with van der Waals surface area (Å²) >= 11 is 1.27. The summed E-state index contributed by atoms with van der Waals surface area (Å²) in [6.07, 6.45) is 4.21. The number of rotatable bonds is 10. The van der Waals surface area contributed by atoms with Gasteiger partial charge in [-0.1, -0.05) is 62.2 Å². The van der Waals surface area contributed by atoms with E-state index >= 15 is 0 Å². The maximum atomic E-state index is 13.0. The molecule has 0 saturated carbocycles. The number of fused-ring (bicyclic) bond motifs is 1. The van der Waals surface area contributed by atoms with Gasteiger partial charge in [0.25, 0.3) is 5.56 Å². The molecule has 0 saturated heterocycles. The average Bonchev–Trinajstić information content (AvgIpc) is 2.76. The minimum Gasteiger partial charge on any atom is -0.351 e. The second-order valence-corrected chi connectivity index (χ2v) is 8.06. The first-order valence-corrected chi connectivity index (χ1v) is 11.2. The smallest absolute Gasteiger partial charge is 0.262 e. The lowest BCUT2D eigenvalue weighted by Crippen LogP contribution is -2.27. The lowest BCUT2D eigenvalue weighted by molar-refractivity contribution is -0.118. The Hall–Kier alpha value is -2.67. The van der Waals surface area contributed by atoms with Gasteiger partial charge < -0.3 is 5.32 Å². The SMILES string of the molecule is CCCCCCn1c(SCC(=O)NCc2ccc(F)cc2)nc2ccccc2c1=O. The normalized spacial score (nSPS) is 11.0. The van der Waals surface area contributed by atoms with Crippen molar-refractivity contribution in [2.75, 3.05) is 5.75 Å². The molecule has 1 N–H and O–H groups in total. The highest BCUT2D eigenvalue weighted by molar-refractivity contribution is 7.99. The van der Waals surface area contributed by atoms with Gasteiger partial charge in [0, 0.05) is 13.1 Å². The Labute approximate surface area is 179 Å². The lowest BCUT2D eigenvalue weighted by Gasteiger charge is -2.13. The van der Waals surface area contributed by atoms with Gasteiger partial charge in [-0.15, -0.1) is 0 Å². The fraction of sp³-hybridized carbons (Fsp3) is 0.348. The minimum absolute atomic E-state index is 0.0636. The Morgan fingerprint density at radius 3 is 2.63 bits per heavy atom. The molecule has 5 nitrogen and oxygen atoms in total. The van der Waals surface area contributed by atoms with Crippen molar-refractivity contribution in [2.45, 2.75) is 50.9 Å². The second-order valence-electron chi connectivity index (χ2n) is 7.12. The first-order valence-electron chi connectivity index (χ1n) is 10.2. The molecular formula is C23H26FN3O2S. The molecule has 0 bridgehead atoms. The number of carbonyl (C=O) groups excluding carboxylic acids is 1. The molecular weight excluding hydrogens is 401 g/mol. The molecule has 1 heterocycles. The molecule has 0 fully saturated rings. The number of carbonyl (C=O) groups is 1. The zero-order chi connectivity index (χ0) is 21.3. The summed E-state index contributed by atoms with van der Waals surface area (Å²) < 4.78 is 14.7. The van der Waals surface area contributed by atoms with Crippen molar-refractivity contribution < 1.29 is 9.18 Å². The minimum atomic E-state index is -0.306. The third kappa shape index (κ3) is 5.92. The zero-order valence-electron chi connectivity index (χ0n) is 17.1. The van der Waals surface area contributed by atoms with E-state index < -0.39 is 0 Å². The van der Waals surface area contributed by atoms with Gasteiger partial charge in [-0.05, 0) is 36.2 Å². The predicted octanol–water partition coefficient (Wildman–Crippen LogP) is 4.52. The molecule has 2 aromatic carbocycles. The van der Waals surface area contributed by atoms with E-state index in [4.69, 9.17) is 0 Å². The van der Waals surface area contributed by atoms with Crippen LogP contribution in [0, 0.1) is 5.82 Å². The second kappa shape index (κ2) is 10.9. The fourth-order valence-corrected chi connectivity index (χ4v) is 3.99. The van der Waals surface area contributed by atoms with Crippen molar-refractivity contribution >= 4 is 28.6 Å². The summed E-state index contributed by atoms with van der Waals surface area (Å²) in [6, 6.07) is 13.3. The lowest BCUT2D eigenvalue weighted by atomic mass is 10.2. The Kier molecular flexibility index (Phi) is 8.02. The van der Waals surface area contributed by atoms with E-state index in [0.717, 1.165) is 31.2 Å². The molecule has 3 rings (SSSR count). The summed E-state index contributed by atoms with van der Waals surface area (Å²) in [5, 5.41) is 3.98. The number of para-hydroxylation sites is 1. The highest BCUT2D eigenvalue weighted by Crippen LogP contribution is 2.18. The van der Waals surface area contributed by atoms with Crippen LogP contribution in [0.15, 0.2) is 58.5 Å². The van der Waals surface area contributed by atoms with Crippen LogP contribution in [0.1, 0.15) is 38.2 Å². The van der Waals surface area contributed by atoms with Crippen LogP contribution >= 0.6 is 11.8 Å². The largest absolute Gasteiger partial charge is 0.351 e. The number of halogens is 1. The molecule has 0 radical (unpaired) electrons. The molecule has 3 aromatic rings. The van der Waals surface area contributed by atoms with Crippen LogP contribution in [-0.4, -0.2) is 21.2 Å². The third-order valence-corrected chi connectivity index (χ3v) is 5.77. The fourth-order valence-electron chi connectivity index (χ4n) is 3.14. The number of nitrogens with one attached hydrogen (secondary N) is 1. The molecule has 0 aliphatic heterocycles. The van der Waals surface area contributed by atoms with E-state index in [9.17, 15) is 14.0 Å². The molecule has 1 aromatic heterocycles. The standard InChI is InChI=1S/C23H26FN3O2S/c1-2-3-4-7-14-27-22(29)19-8-5-6-9-20(19)26-23(27)30-16-21(28)25-15-17-10-12-18(24)13-11-17/h5-6,8-13H,2-4,7,14-16H2,1H3,(H,25,28). The van der Waals surface area contributed by atoms with Gasteiger partial charge >= 0.3 is 0 Å². The van der Waals surface area contributed by atoms with Gasteiger partial charge in [0.1, 0.15) is 5.82 Å². The van der Waals surface area contributed by atoms with Crippen LogP contribution in [0.4, 0.5) is 4.39 Å². The molecule has 0 atom stereocenters.